The molecule has 9 heteroatoms. The zero-order valence-electron chi connectivity index (χ0n) is 15.3. The van der Waals surface area contributed by atoms with Gasteiger partial charge in [0, 0.05) is 21.7 Å². The standard InChI is InChI=1S/C19H19ClN4O2S2/c1-3-28(25,26)15-8-9-17(27-2)16(10-15)24-19-11-18(21-12-22-19)23-14-6-4-13(20)5-7-14/h4-12H,3H2,1-2H3,(H2,21,22,23,24). The number of anilines is 4. The summed E-state index contributed by atoms with van der Waals surface area (Å²) in [5, 5.41) is 7.03. The van der Waals surface area contributed by atoms with E-state index in [2.05, 4.69) is 20.6 Å². The average Bonchev–Trinajstić information content (AvgIpc) is 2.70. The number of benzene rings is 2. The Balaban J connectivity index is 1.87. The molecule has 0 aliphatic rings. The molecule has 0 unspecified atom stereocenters. The number of thioether (sulfide) groups is 1. The highest BCUT2D eigenvalue weighted by atomic mass is 35.5. The van der Waals surface area contributed by atoms with Crippen molar-refractivity contribution in [3.63, 3.8) is 0 Å². The number of rotatable bonds is 7. The van der Waals surface area contributed by atoms with Crippen LogP contribution in [0.25, 0.3) is 0 Å². The molecule has 1 aromatic heterocycles. The summed E-state index contributed by atoms with van der Waals surface area (Å²) in [6, 6.07) is 14.1. The van der Waals surface area contributed by atoms with Crippen LogP contribution in [0.3, 0.4) is 0 Å². The van der Waals surface area contributed by atoms with Crippen LogP contribution >= 0.6 is 23.4 Å². The first-order chi connectivity index (χ1) is 13.4. The van der Waals surface area contributed by atoms with Crippen molar-refractivity contribution in [2.45, 2.75) is 16.7 Å². The van der Waals surface area contributed by atoms with Crippen LogP contribution in [-0.4, -0.2) is 30.4 Å². The summed E-state index contributed by atoms with van der Waals surface area (Å²) in [4.78, 5) is 9.65. The van der Waals surface area contributed by atoms with Gasteiger partial charge in [0.2, 0.25) is 0 Å². The Hall–Kier alpha value is -2.29. The molecular weight excluding hydrogens is 416 g/mol. The van der Waals surface area contributed by atoms with Gasteiger partial charge >= 0.3 is 0 Å². The lowest BCUT2D eigenvalue weighted by Gasteiger charge is -2.13. The molecular formula is C19H19ClN4O2S2. The monoisotopic (exact) mass is 434 g/mol. The first-order valence-electron chi connectivity index (χ1n) is 8.43. The number of hydrogen-bond donors (Lipinski definition) is 2. The van der Waals surface area contributed by atoms with Crippen molar-refractivity contribution < 1.29 is 8.42 Å². The Morgan fingerprint density at radius 2 is 1.68 bits per heavy atom. The molecule has 0 atom stereocenters. The summed E-state index contributed by atoms with van der Waals surface area (Å²) in [7, 11) is -3.30. The van der Waals surface area contributed by atoms with Crippen molar-refractivity contribution in [3.8, 4) is 0 Å². The minimum Gasteiger partial charge on any atom is -0.340 e. The Morgan fingerprint density at radius 3 is 2.32 bits per heavy atom. The molecule has 3 rings (SSSR count). The molecule has 0 amide bonds. The van der Waals surface area contributed by atoms with Gasteiger partial charge in [-0.05, 0) is 48.7 Å². The SMILES string of the molecule is CCS(=O)(=O)c1ccc(SC)c(Nc2cc(Nc3ccc(Cl)cc3)ncn2)c1. The van der Waals surface area contributed by atoms with Crippen LogP contribution in [0.1, 0.15) is 6.92 Å². The van der Waals surface area contributed by atoms with Crippen LogP contribution in [0.5, 0.6) is 0 Å². The predicted molar refractivity (Wildman–Crippen MR) is 116 cm³/mol. The summed E-state index contributed by atoms with van der Waals surface area (Å²) in [6.45, 7) is 1.63. The summed E-state index contributed by atoms with van der Waals surface area (Å²) < 4.78 is 24.4. The van der Waals surface area contributed by atoms with Crippen molar-refractivity contribution in [1.29, 1.82) is 0 Å². The Kier molecular flexibility index (Phi) is 6.43. The maximum Gasteiger partial charge on any atom is 0.178 e. The van der Waals surface area contributed by atoms with E-state index in [1.807, 2.05) is 18.4 Å². The fourth-order valence-corrected chi connectivity index (χ4v) is 4.02. The minimum absolute atomic E-state index is 0.0493. The highest BCUT2D eigenvalue weighted by Gasteiger charge is 2.14. The van der Waals surface area contributed by atoms with E-state index in [1.54, 1.807) is 43.3 Å². The third kappa shape index (κ3) is 4.95. The molecule has 0 radical (unpaired) electrons. The van der Waals surface area contributed by atoms with E-state index in [0.717, 1.165) is 10.6 Å². The van der Waals surface area contributed by atoms with Gasteiger partial charge in [0.25, 0.3) is 0 Å². The maximum atomic E-state index is 12.2. The van der Waals surface area contributed by atoms with Gasteiger partial charge in [-0.2, -0.15) is 0 Å². The van der Waals surface area contributed by atoms with Gasteiger partial charge in [-0.15, -0.1) is 11.8 Å². The van der Waals surface area contributed by atoms with Crippen molar-refractivity contribution in [1.82, 2.24) is 9.97 Å². The van der Waals surface area contributed by atoms with Crippen LogP contribution in [0.2, 0.25) is 5.02 Å². The molecule has 0 saturated heterocycles. The Bertz CT molecular complexity index is 1070. The maximum absolute atomic E-state index is 12.2. The normalized spacial score (nSPS) is 11.2. The lowest BCUT2D eigenvalue weighted by Crippen LogP contribution is -2.05. The third-order valence-electron chi connectivity index (χ3n) is 3.96. The van der Waals surface area contributed by atoms with Crippen molar-refractivity contribution in [2.75, 3.05) is 22.6 Å². The third-order valence-corrected chi connectivity index (χ3v) is 6.74. The van der Waals surface area contributed by atoms with E-state index >= 15 is 0 Å². The molecule has 0 aliphatic heterocycles. The van der Waals surface area contributed by atoms with Gasteiger partial charge in [0.05, 0.1) is 16.3 Å². The quantitative estimate of drug-likeness (QED) is 0.498. The van der Waals surface area contributed by atoms with E-state index in [9.17, 15) is 8.42 Å². The number of nitrogens with zero attached hydrogens (tertiary/aromatic N) is 2. The van der Waals surface area contributed by atoms with Crippen molar-refractivity contribution in [2.24, 2.45) is 0 Å². The topological polar surface area (TPSA) is 84.0 Å². The van der Waals surface area contributed by atoms with Crippen LogP contribution in [-0.2, 0) is 9.84 Å². The second kappa shape index (κ2) is 8.81. The number of nitrogens with one attached hydrogen (secondary N) is 2. The van der Waals surface area contributed by atoms with Gasteiger partial charge in [-0.1, -0.05) is 18.5 Å². The number of halogens is 1. The zero-order chi connectivity index (χ0) is 20.1. The molecule has 3 aromatic rings. The van der Waals surface area contributed by atoms with Gasteiger partial charge < -0.3 is 10.6 Å². The second-order valence-corrected chi connectivity index (χ2v) is 9.37. The smallest absolute Gasteiger partial charge is 0.178 e. The molecule has 28 heavy (non-hydrogen) atoms. The average molecular weight is 435 g/mol. The minimum atomic E-state index is -3.30. The van der Waals surface area contributed by atoms with Gasteiger partial charge in [0.15, 0.2) is 9.84 Å². The lowest BCUT2D eigenvalue weighted by molar-refractivity contribution is 0.597. The van der Waals surface area contributed by atoms with E-state index in [1.165, 1.54) is 18.1 Å². The molecule has 2 aromatic carbocycles. The number of aromatic nitrogens is 2. The second-order valence-electron chi connectivity index (χ2n) is 5.81. The molecule has 2 N–H and O–H groups in total. The van der Waals surface area contributed by atoms with Crippen LogP contribution in [0.4, 0.5) is 23.0 Å². The number of hydrogen-bond acceptors (Lipinski definition) is 7. The molecule has 0 fully saturated rings. The summed E-state index contributed by atoms with van der Waals surface area (Å²) >= 11 is 7.43. The molecule has 6 nitrogen and oxygen atoms in total. The predicted octanol–water partition coefficient (Wildman–Crippen LogP) is 5.13. The molecule has 1 heterocycles. The molecule has 0 bridgehead atoms. The summed E-state index contributed by atoms with van der Waals surface area (Å²) in [5.74, 6) is 1.20. The summed E-state index contributed by atoms with van der Waals surface area (Å²) in [6.07, 6.45) is 3.37. The van der Waals surface area contributed by atoms with Gasteiger partial charge in [0.1, 0.15) is 18.0 Å². The van der Waals surface area contributed by atoms with Crippen molar-refractivity contribution in [3.05, 3.63) is 59.9 Å². The Morgan fingerprint density at radius 1 is 1.00 bits per heavy atom. The van der Waals surface area contributed by atoms with Crippen LogP contribution < -0.4 is 10.6 Å². The molecule has 146 valence electrons. The van der Waals surface area contributed by atoms with E-state index < -0.39 is 9.84 Å². The zero-order valence-corrected chi connectivity index (χ0v) is 17.7. The van der Waals surface area contributed by atoms with E-state index in [4.69, 9.17) is 11.6 Å². The van der Waals surface area contributed by atoms with Gasteiger partial charge in [-0.3, -0.25) is 0 Å². The fourth-order valence-electron chi connectivity index (χ4n) is 2.46. The highest BCUT2D eigenvalue weighted by Crippen LogP contribution is 2.31. The fraction of sp³-hybridized carbons (Fsp3) is 0.158. The molecule has 0 spiro atoms. The lowest BCUT2D eigenvalue weighted by atomic mass is 10.3. The van der Waals surface area contributed by atoms with E-state index in [-0.39, 0.29) is 10.6 Å². The largest absolute Gasteiger partial charge is 0.340 e. The Labute approximate surface area is 173 Å². The molecule has 0 aliphatic carbocycles. The first-order valence-corrected chi connectivity index (χ1v) is 11.7. The molecule has 0 saturated carbocycles. The van der Waals surface area contributed by atoms with Crippen LogP contribution in [0, 0.1) is 0 Å². The van der Waals surface area contributed by atoms with Crippen LogP contribution in [0.15, 0.2) is 64.6 Å². The van der Waals surface area contributed by atoms with Gasteiger partial charge in [-0.25, -0.2) is 18.4 Å². The first kappa shape index (κ1) is 20.4. The van der Waals surface area contributed by atoms with E-state index in [0.29, 0.717) is 22.3 Å². The number of sulfone groups is 1. The highest BCUT2D eigenvalue weighted by molar-refractivity contribution is 7.98. The van der Waals surface area contributed by atoms with Crippen molar-refractivity contribution >= 4 is 56.2 Å². The summed E-state index contributed by atoms with van der Waals surface area (Å²) in [5.41, 5.74) is 1.52.